The van der Waals surface area contributed by atoms with E-state index in [4.69, 9.17) is 4.42 Å². The summed E-state index contributed by atoms with van der Waals surface area (Å²) in [7, 11) is 0. The summed E-state index contributed by atoms with van der Waals surface area (Å²) in [4.78, 5) is 15.7. The molecule has 1 amide bonds. The van der Waals surface area contributed by atoms with Crippen LogP contribution in [-0.4, -0.2) is 35.7 Å². The maximum atomic E-state index is 12.4. The zero-order valence-corrected chi connectivity index (χ0v) is 15.8. The number of thiophene rings is 1. The number of rotatable bonds is 6. The van der Waals surface area contributed by atoms with Crippen molar-refractivity contribution in [1.82, 2.24) is 15.5 Å². The summed E-state index contributed by atoms with van der Waals surface area (Å²) in [6.07, 6.45) is 4.05. The summed E-state index contributed by atoms with van der Waals surface area (Å²) in [5, 5.41) is 13.8. The minimum Gasteiger partial charge on any atom is -0.469 e. The molecular weight excluding hydrogens is 360 g/mol. The lowest BCUT2D eigenvalue weighted by molar-refractivity contribution is -0.125. The number of anilines is 1. The molecule has 1 aliphatic rings. The molecule has 140 valence electrons. The Labute approximate surface area is 162 Å². The highest BCUT2D eigenvalue weighted by molar-refractivity contribution is 7.13. The number of carbonyl (C=O) groups is 1. The third-order valence-corrected chi connectivity index (χ3v) is 5.76. The topological polar surface area (TPSA) is 71.3 Å². The van der Waals surface area contributed by atoms with Crippen molar-refractivity contribution in [3.63, 3.8) is 0 Å². The van der Waals surface area contributed by atoms with Gasteiger partial charge in [-0.3, -0.25) is 4.79 Å². The molecule has 27 heavy (non-hydrogen) atoms. The fourth-order valence-corrected chi connectivity index (χ4v) is 4.02. The summed E-state index contributed by atoms with van der Waals surface area (Å²) < 4.78 is 5.29. The minimum absolute atomic E-state index is 0.0659. The van der Waals surface area contributed by atoms with E-state index in [1.165, 1.54) is 0 Å². The Hall–Kier alpha value is -2.67. The molecule has 0 unspecified atom stereocenters. The van der Waals surface area contributed by atoms with Gasteiger partial charge in [-0.1, -0.05) is 6.07 Å². The number of furan rings is 1. The summed E-state index contributed by atoms with van der Waals surface area (Å²) >= 11 is 1.66. The first kappa shape index (κ1) is 17.7. The third kappa shape index (κ3) is 4.36. The van der Waals surface area contributed by atoms with Crippen LogP contribution in [0.5, 0.6) is 0 Å². The second-order valence-electron chi connectivity index (χ2n) is 6.64. The van der Waals surface area contributed by atoms with Gasteiger partial charge in [0.1, 0.15) is 11.5 Å². The molecule has 4 heterocycles. The van der Waals surface area contributed by atoms with Gasteiger partial charge < -0.3 is 14.6 Å². The highest BCUT2D eigenvalue weighted by atomic mass is 32.1. The van der Waals surface area contributed by atoms with Crippen molar-refractivity contribution >= 4 is 23.1 Å². The third-order valence-electron chi connectivity index (χ3n) is 4.86. The zero-order chi connectivity index (χ0) is 18.5. The van der Waals surface area contributed by atoms with Gasteiger partial charge in [-0.2, -0.15) is 0 Å². The van der Waals surface area contributed by atoms with Crippen LogP contribution in [0.3, 0.4) is 0 Å². The average molecular weight is 382 g/mol. The van der Waals surface area contributed by atoms with Crippen LogP contribution in [0.4, 0.5) is 5.82 Å². The average Bonchev–Trinajstić information content (AvgIpc) is 3.42. The van der Waals surface area contributed by atoms with E-state index < -0.39 is 0 Å². The standard InChI is InChI=1S/C20H22N4O2S/c25-20(21-10-7-16-3-1-13-26-16)15-8-11-24(12-9-15)19-6-5-17(22-23-19)18-4-2-14-27-18/h1-6,13-15H,7-12H2,(H,21,25). The predicted octanol–water partition coefficient (Wildman–Crippen LogP) is 3.37. The van der Waals surface area contributed by atoms with Crippen LogP contribution in [0.25, 0.3) is 10.6 Å². The van der Waals surface area contributed by atoms with Crippen molar-refractivity contribution in [1.29, 1.82) is 0 Å². The highest BCUT2D eigenvalue weighted by Gasteiger charge is 2.25. The number of amides is 1. The first-order valence-electron chi connectivity index (χ1n) is 9.22. The molecule has 4 rings (SSSR count). The van der Waals surface area contributed by atoms with Crippen LogP contribution in [0.1, 0.15) is 18.6 Å². The first-order valence-corrected chi connectivity index (χ1v) is 10.1. The monoisotopic (exact) mass is 382 g/mol. The summed E-state index contributed by atoms with van der Waals surface area (Å²) in [5.74, 6) is 1.98. The van der Waals surface area contributed by atoms with Crippen molar-refractivity contribution in [2.75, 3.05) is 24.5 Å². The number of nitrogens with one attached hydrogen (secondary N) is 1. The number of hydrogen-bond donors (Lipinski definition) is 1. The molecule has 3 aromatic rings. The Morgan fingerprint density at radius 3 is 2.74 bits per heavy atom. The molecular formula is C20H22N4O2S. The maximum absolute atomic E-state index is 12.4. The van der Waals surface area contributed by atoms with Crippen LogP contribution >= 0.6 is 11.3 Å². The molecule has 1 aliphatic heterocycles. The SMILES string of the molecule is O=C(NCCc1ccco1)C1CCN(c2ccc(-c3cccs3)nn2)CC1. The normalized spacial score (nSPS) is 15.0. The van der Waals surface area contributed by atoms with Gasteiger partial charge in [0.25, 0.3) is 0 Å². The molecule has 0 atom stereocenters. The molecule has 0 aliphatic carbocycles. The lowest BCUT2D eigenvalue weighted by atomic mass is 9.96. The van der Waals surface area contributed by atoms with Crippen LogP contribution in [-0.2, 0) is 11.2 Å². The van der Waals surface area contributed by atoms with Gasteiger partial charge in [-0.25, -0.2) is 0 Å². The van der Waals surface area contributed by atoms with Crippen LogP contribution < -0.4 is 10.2 Å². The van der Waals surface area contributed by atoms with E-state index in [0.717, 1.165) is 54.5 Å². The lowest BCUT2D eigenvalue weighted by Crippen LogP contribution is -2.41. The predicted molar refractivity (Wildman–Crippen MR) is 106 cm³/mol. The largest absolute Gasteiger partial charge is 0.469 e. The van der Waals surface area contributed by atoms with Crippen molar-refractivity contribution in [3.05, 3.63) is 53.8 Å². The molecule has 1 N–H and O–H groups in total. The molecule has 0 bridgehead atoms. The number of carbonyl (C=O) groups excluding carboxylic acids is 1. The van der Waals surface area contributed by atoms with Crippen LogP contribution in [0.2, 0.25) is 0 Å². The van der Waals surface area contributed by atoms with Crippen molar-refractivity contribution in [3.8, 4) is 10.6 Å². The lowest BCUT2D eigenvalue weighted by Gasteiger charge is -2.31. The van der Waals surface area contributed by atoms with E-state index >= 15 is 0 Å². The number of nitrogens with zero attached hydrogens (tertiary/aromatic N) is 3. The fourth-order valence-electron chi connectivity index (χ4n) is 3.33. The van der Waals surface area contributed by atoms with E-state index in [9.17, 15) is 4.79 Å². The van der Waals surface area contributed by atoms with Gasteiger partial charge in [-0.15, -0.1) is 21.5 Å². The fraction of sp³-hybridized carbons (Fsp3) is 0.350. The van der Waals surface area contributed by atoms with Crippen LogP contribution in [0.15, 0.2) is 52.5 Å². The quantitative estimate of drug-likeness (QED) is 0.708. The van der Waals surface area contributed by atoms with Crippen LogP contribution in [0, 0.1) is 5.92 Å². The van der Waals surface area contributed by atoms with E-state index in [1.807, 2.05) is 41.8 Å². The second kappa shape index (κ2) is 8.35. The van der Waals surface area contributed by atoms with Crippen molar-refractivity contribution in [2.24, 2.45) is 5.92 Å². The van der Waals surface area contributed by atoms with Crippen molar-refractivity contribution in [2.45, 2.75) is 19.3 Å². The molecule has 3 aromatic heterocycles. The zero-order valence-electron chi connectivity index (χ0n) is 15.0. The Kier molecular flexibility index (Phi) is 5.48. The molecule has 7 heteroatoms. The molecule has 1 saturated heterocycles. The Balaban J connectivity index is 1.25. The van der Waals surface area contributed by atoms with Gasteiger partial charge in [0.2, 0.25) is 5.91 Å². The molecule has 1 fully saturated rings. The second-order valence-corrected chi connectivity index (χ2v) is 7.58. The van der Waals surface area contributed by atoms with Gasteiger partial charge >= 0.3 is 0 Å². The molecule has 0 radical (unpaired) electrons. The van der Waals surface area contributed by atoms with Gasteiger partial charge in [-0.05, 0) is 48.6 Å². The molecule has 0 spiro atoms. The van der Waals surface area contributed by atoms with Gasteiger partial charge in [0.05, 0.1) is 11.1 Å². The number of piperidine rings is 1. The van der Waals surface area contributed by atoms with E-state index in [2.05, 4.69) is 20.4 Å². The smallest absolute Gasteiger partial charge is 0.223 e. The van der Waals surface area contributed by atoms with E-state index in [1.54, 1.807) is 17.6 Å². The summed E-state index contributed by atoms with van der Waals surface area (Å²) in [6, 6.07) is 11.9. The number of hydrogen-bond acceptors (Lipinski definition) is 6. The Morgan fingerprint density at radius 1 is 1.19 bits per heavy atom. The number of aromatic nitrogens is 2. The van der Waals surface area contributed by atoms with Gasteiger partial charge in [0, 0.05) is 32.0 Å². The maximum Gasteiger partial charge on any atom is 0.223 e. The Bertz CT molecular complexity index is 839. The van der Waals surface area contributed by atoms with E-state index in [-0.39, 0.29) is 11.8 Å². The Morgan fingerprint density at radius 2 is 2.07 bits per heavy atom. The molecule has 0 aromatic carbocycles. The van der Waals surface area contributed by atoms with E-state index in [0.29, 0.717) is 6.54 Å². The summed E-state index contributed by atoms with van der Waals surface area (Å²) in [5.41, 5.74) is 0.902. The summed E-state index contributed by atoms with van der Waals surface area (Å²) in [6.45, 7) is 2.26. The first-order chi connectivity index (χ1) is 13.3. The minimum atomic E-state index is 0.0659. The molecule has 6 nitrogen and oxygen atoms in total. The highest BCUT2D eigenvalue weighted by Crippen LogP contribution is 2.25. The molecule has 0 saturated carbocycles. The van der Waals surface area contributed by atoms with Crippen molar-refractivity contribution < 1.29 is 9.21 Å². The van der Waals surface area contributed by atoms with Gasteiger partial charge in [0.15, 0.2) is 5.82 Å².